The standard InChI is InChI=1S/C16H13ClF2N2/c17-11-4-5-12-10(7-20)8-21(16(12)6-11)9-13-14(18)2-1-3-15(13)19/h1-6,8H,7,9,20H2. The third kappa shape index (κ3) is 2.52. The quantitative estimate of drug-likeness (QED) is 0.776. The third-order valence-electron chi connectivity index (χ3n) is 3.54. The lowest BCUT2D eigenvalue weighted by molar-refractivity contribution is 0.547. The van der Waals surface area contributed by atoms with Crippen LogP contribution in [0.15, 0.2) is 42.6 Å². The molecule has 2 N–H and O–H groups in total. The largest absolute Gasteiger partial charge is 0.342 e. The Hall–Kier alpha value is -1.91. The lowest BCUT2D eigenvalue weighted by Gasteiger charge is -2.08. The van der Waals surface area contributed by atoms with E-state index < -0.39 is 11.6 Å². The fourth-order valence-electron chi connectivity index (χ4n) is 2.49. The molecular formula is C16H13ClF2N2. The zero-order chi connectivity index (χ0) is 15.0. The number of nitrogens with two attached hydrogens (primary N) is 1. The average Bonchev–Trinajstić information content (AvgIpc) is 2.80. The van der Waals surface area contributed by atoms with Crippen molar-refractivity contribution in [1.29, 1.82) is 0 Å². The van der Waals surface area contributed by atoms with Gasteiger partial charge in [-0.2, -0.15) is 0 Å². The molecule has 108 valence electrons. The highest BCUT2D eigenvalue weighted by Gasteiger charge is 2.13. The molecule has 0 aliphatic rings. The second kappa shape index (κ2) is 5.47. The minimum atomic E-state index is -0.562. The van der Waals surface area contributed by atoms with Crippen molar-refractivity contribution in [2.75, 3.05) is 0 Å². The van der Waals surface area contributed by atoms with Crippen LogP contribution in [0.4, 0.5) is 8.78 Å². The summed E-state index contributed by atoms with van der Waals surface area (Å²) >= 11 is 6.02. The van der Waals surface area contributed by atoms with Crippen molar-refractivity contribution in [3.05, 3.63) is 70.4 Å². The van der Waals surface area contributed by atoms with E-state index >= 15 is 0 Å². The number of rotatable bonds is 3. The minimum absolute atomic E-state index is 0.0259. The summed E-state index contributed by atoms with van der Waals surface area (Å²) < 4.78 is 29.4. The molecule has 5 heteroatoms. The molecule has 2 aromatic carbocycles. The molecule has 0 saturated carbocycles. The summed E-state index contributed by atoms with van der Waals surface area (Å²) in [5.41, 5.74) is 7.48. The SMILES string of the molecule is NCc1cn(Cc2c(F)cccc2F)c2cc(Cl)ccc12. The summed E-state index contributed by atoms with van der Waals surface area (Å²) in [7, 11) is 0. The maximum absolute atomic E-state index is 13.8. The highest BCUT2D eigenvalue weighted by atomic mass is 35.5. The smallest absolute Gasteiger partial charge is 0.131 e. The second-order valence-corrected chi connectivity index (χ2v) is 5.28. The van der Waals surface area contributed by atoms with Gasteiger partial charge in [0.1, 0.15) is 11.6 Å². The number of hydrogen-bond donors (Lipinski definition) is 1. The van der Waals surface area contributed by atoms with Gasteiger partial charge in [-0.3, -0.25) is 0 Å². The van der Waals surface area contributed by atoms with Gasteiger partial charge in [-0.15, -0.1) is 0 Å². The van der Waals surface area contributed by atoms with Gasteiger partial charge in [0.05, 0.1) is 12.1 Å². The number of aromatic nitrogens is 1. The maximum atomic E-state index is 13.8. The molecule has 0 amide bonds. The minimum Gasteiger partial charge on any atom is -0.342 e. The van der Waals surface area contributed by atoms with Crippen molar-refractivity contribution in [1.82, 2.24) is 4.57 Å². The van der Waals surface area contributed by atoms with Crippen LogP contribution in [-0.4, -0.2) is 4.57 Å². The van der Waals surface area contributed by atoms with Crippen LogP contribution in [0.2, 0.25) is 5.02 Å². The van der Waals surface area contributed by atoms with Crippen LogP contribution in [-0.2, 0) is 13.1 Å². The highest BCUT2D eigenvalue weighted by Crippen LogP contribution is 2.26. The van der Waals surface area contributed by atoms with E-state index in [4.69, 9.17) is 17.3 Å². The Morgan fingerprint density at radius 1 is 1.10 bits per heavy atom. The van der Waals surface area contributed by atoms with E-state index in [0.29, 0.717) is 11.6 Å². The normalized spacial score (nSPS) is 11.2. The highest BCUT2D eigenvalue weighted by molar-refractivity contribution is 6.31. The number of fused-ring (bicyclic) bond motifs is 1. The van der Waals surface area contributed by atoms with Gasteiger partial charge in [0.2, 0.25) is 0 Å². The lowest BCUT2D eigenvalue weighted by Crippen LogP contribution is -2.03. The molecule has 1 aromatic heterocycles. The molecule has 0 saturated heterocycles. The van der Waals surface area contributed by atoms with E-state index in [1.165, 1.54) is 18.2 Å². The molecule has 0 unspecified atom stereocenters. The fourth-order valence-corrected chi connectivity index (χ4v) is 2.65. The Morgan fingerprint density at radius 2 is 1.81 bits per heavy atom. The van der Waals surface area contributed by atoms with Crippen LogP contribution < -0.4 is 5.73 Å². The predicted molar refractivity (Wildman–Crippen MR) is 80.3 cm³/mol. The molecular weight excluding hydrogens is 294 g/mol. The first-order valence-electron chi connectivity index (χ1n) is 6.50. The average molecular weight is 307 g/mol. The molecule has 0 spiro atoms. The zero-order valence-corrected chi connectivity index (χ0v) is 11.9. The predicted octanol–water partition coefficient (Wildman–Crippen LogP) is 4.08. The van der Waals surface area contributed by atoms with Gasteiger partial charge < -0.3 is 10.3 Å². The number of hydrogen-bond acceptors (Lipinski definition) is 1. The van der Waals surface area contributed by atoms with Gasteiger partial charge in [-0.25, -0.2) is 8.78 Å². The van der Waals surface area contributed by atoms with Crippen molar-refractivity contribution in [3.63, 3.8) is 0 Å². The van der Waals surface area contributed by atoms with Crippen molar-refractivity contribution < 1.29 is 8.78 Å². The van der Waals surface area contributed by atoms with Gasteiger partial charge >= 0.3 is 0 Å². The van der Waals surface area contributed by atoms with Gasteiger partial charge in [-0.1, -0.05) is 23.7 Å². The molecule has 0 aliphatic heterocycles. The molecule has 0 fully saturated rings. The van der Waals surface area contributed by atoms with Gasteiger partial charge in [0.25, 0.3) is 0 Å². The molecule has 1 heterocycles. The first-order valence-corrected chi connectivity index (χ1v) is 6.88. The first kappa shape index (κ1) is 14.0. The van der Waals surface area contributed by atoms with E-state index in [2.05, 4.69) is 0 Å². The Labute approximate surface area is 125 Å². The molecule has 21 heavy (non-hydrogen) atoms. The summed E-state index contributed by atoms with van der Waals surface area (Å²) in [5.74, 6) is -1.12. The monoisotopic (exact) mass is 306 g/mol. The van der Waals surface area contributed by atoms with Crippen molar-refractivity contribution >= 4 is 22.5 Å². The summed E-state index contributed by atoms with van der Waals surface area (Å²) in [5, 5.41) is 1.51. The van der Waals surface area contributed by atoms with E-state index in [1.807, 2.05) is 12.3 Å². The Bertz CT molecular complexity index is 791. The van der Waals surface area contributed by atoms with E-state index in [1.54, 1.807) is 16.7 Å². The van der Waals surface area contributed by atoms with Gasteiger partial charge in [0, 0.05) is 28.7 Å². The maximum Gasteiger partial charge on any atom is 0.131 e. The first-order chi connectivity index (χ1) is 10.1. The van der Waals surface area contributed by atoms with E-state index in [-0.39, 0.29) is 12.1 Å². The topological polar surface area (TPSA) is 30.9 Å². The van der Waals surface area contributed by atoms with E-state index in [0.717, 1.165) is 16.5 Å². The van der Waals surface area contributed by atoms with E-state index in [9.17, 15) is 8.78 Å². The molecule has 0 atom stereocenters. The van der Waals surface area contributed by atoms with Crippen LogP contribution in [0.25, 0.3) is 10.9 Å². The van der Waals surface area contributed by atoms with Crippen LogP contribution in [0.3, 0.4) is 0 Å². The summed E-state index contributed by atoms with van der Waals surface area (Å²) in [6.45, 7) is 0.445. The Balaban J connectivity index is 2.14. The second-order valence-electron chi connectivity index (χ2n) is 4.85. The van der Waals surface area contributed by atoms with Crippen LogP contribution in [0, 0.1) is 11.6 Å². The third-order valence-corrected chi connectivity index (χ3v) is 3.77. The lowest BCUT2D eigenvalue weighted by atomic mass is 10.2. The molecule has 2 nitrogen and oxygen atoms in total. The van der Waals surface area contributed by atoms with Crippen molar-refractivity contribution in [2.45, 2.75) is 13.1 Å². The summed E-state index contributed by atoms with van der Waals surface area (Å²) in [4.78, 5) is 0. The summed E-state index contributed by atoms with van der Waals surface area (Å²) in [6, 6.07) is 9.27. The van der Waals surface area contributed by atoms with Crippen LogP contribution in [0.1, 0.15) is 11.1 Å². The van der Waals surface area contributed by atoms with Crippen molar-refractivity contribution in [2.24, 2.45) is 5.73 Å². The van der Waals surface area contributed by atoms with Crippen LogP contribution in [0.5, 0.6) is 0 Å². The molecule has 3 aromatic rings. The van der Waals surface area contributed by atoms with Gasteiger partial charge in [-0.05, 0) is 29.8 Å². The molecule has 3 rings (SSSR count). The zero-order valence-electron chi connectivity index (χ0n) is 11.1. The number of halogens is 3. The Morgan fingerprint density at radius 3 is 2.48 bits per heavy atom. The molecule has 0 aliphatic carbocycles. The molecule has 0 bridgehead atoms. The van der Waals surface area contributed by atoms with Crippen molar-refractivity contribution in [3.8, 4) is 0 Å². The fraction of sp³-hybridized carbons (Fsp3) is 0.125. The summed E-state index contributed by atoms with van der Waals surface area (Å²) in [6.07, 6.45) is 1.81. The Kier molecular flexibility index (Phi) is 3.66. The number of nitrogens with zero attached hydrogens (tertiary/aromatic N) is 1. The number of benzene rings is 2. The van der Waals surface area contributed by atoms with Gasteiger partial charge in [0.15, 0.2) is 0 Å². The molecule has 0 radical (unpaired) electrons. The van der Waals surface area contributed by atoms with Crippen LogP contribution >= 0.6 is 11.6 Å².